The van der Waals surface area contributed by atoms with E-state index in [-0.39, 0.29) is 48.9 Å². The molecule has 1 aromatic carbocycles. The van der Waals surface area contributed by atoms with Crippen LogP contribution in [0.1, 0.15) is 108 Å². The summed E-state index contributed by atoms with van der Waals surface area (Å²) in [6, 6.07) is 4.87. The van der Waals surface area contributed by atoms with Crippen molar-refractivity contribution in [3.05, 3.63) is 29.3 Å². The molecule has 31 heavy (non-hydrogen) atoms. The summed E-state index contributed by atoms with van der Waals surface area (Å²) < 4.78 is 42.0. The maximum Gasteiger partial charge on any atom is 1.00 e. The van der Waals surface area contributed by atoms with E-state index in [1.165, 1.54) is 44.6 Å². The molecule has 0 spiro atoms. The molecular formula is C23H39NaO6S. The Morgan fingerprint density at radius 1 is 0.903 bits per heavy atom. The molecule has 1 N–H and O–H groups in total. The van der Waals surface area contributed by atoms with Gasteiger partial charge in [0, 0.05) is 0 Å². The Kier molecular flexibility index (Phi) is 17.6. The van der Waals surface area contributed by atoms with E-state index in [0.29, 0.717) is 12.0 Å². The number of aryl methyl sites for hydroxylation is 1. The van der Waals surface area contributed by atoms with Gasteiger partial charge in [0.25, 0.3) is 0 Å². The van der Waals surface area contributed by atoms with Crippen molar-refractivity contribution in [3.8, 4) is 5.75 Å². The number of para-hydroxylation sites is 1. The van der Waals surface area contributed by atoms with E-state index in [4.69, 9.17) is 8.92 Å². The summed E-state index contributed by atoms with van der Waals surface area (Å²) in [6.45, 7) is 4.60. The Morgan fingerprint density at radius 2 is 1.45 bits per heavy atom. The third-order valence-corrected chi connectivity index (χ3v) is 5.41. The summed E-state index contributed by atoms with van der Waals surface area (Å²) >= 11 is 0. The van der Waals surface area contributed by atoms with Gasteiger partial charge in [0.1, 0.15) is 5.56 Å². The zero-order valence-electron chi connectivity index (χ0n) is 20.5. The van der Waals surface area contributed by atoms with Gasteiger partial charge in [-0.25, -0.2) is 4.79 Å². The minimum Gasteiger partial charge on any atom is -1.00 e. The van der Waals surface area contributed by atoms with Gasteiger partial charge in [-0.15, -0.1) is 0 Å². The Hall–Kier alpha value is -0.600. The zero-order valence-corrected chi connectivity index (χ0v) is 22.3. The predicted octanol–water partition coefficient (Wildman–Crippen LogP) is 3.41. The molecule has 1 aromatic rings. The van der Waals surface area contributed by atoms with Crippen LogP contribution in [0.25, 0.3) is 0 Å². The van der Waals surface area contributed by atoms with Crippen molar-refractivity contribution in [3.63, 3.8) is 0 Å². The van der Waals surface area contributed by atoms with Gasteiger partial charge in [0.2, 0.25) is 0 Å². The average Bonchev–Trinajstić information content (AvgIpc) is 2.69. The van der Waals surface area contributed by atoms with Crippen LogP contribution in [0, 0.1) is 0 Å². The van der Waals surface area contributed by atoms with Crippen LogP contribution in [0.4, 0.5) is 0 Å². The van der Waals surface area contributed by atoms with E-state index in [0.717, 1.165) is 38.5 Å². The number of carbonyl (C=O) groups excluding carboxylic acids is 1. The van der Waals surface area contributed by atoms with E-state index in [1.54, 1.807) is 12.1 Å². The molecule has 0 fully saturated rings. The van der Waals surface area contributed by atoms with Crippen molar-refractivity contribution in [2.75, 3.05) is 6.61 Å². The van der Waals surface area contributed by atoms with Gasteiger partial charge >= 0.3 is 45.9 Å². The number of carbonyl (C=O) groups is 1. The second-order valence-electron chi connectivity index (χ2n) is 7.73. The molecule has 0 aliphatic rings. The first-order valence-corrected chi connectivity index (χ1v) is 12.7. The van der Waals surface area contributed by atoms with Crippen molar-refractivity contribution in [2.24, 2.45) is 0 Å². The first-order valence-electron chi connectivity index (χ1n) is 11.3. The second-order valence-corrected chi connectivity index (χ2v) is 8.75. The molecule has 6 nitrogen and oxygen atoms in total. The molecule has 0 amide bonds. The zero-order chi connectivity index (χ0) is 22.2. The summed E-state index contributed by atoms with van der Waals surface area (Å²) in [5, 5.41) is 0. The van der Waals surface area contributed by atoms with E-state index in [2.05, 4.69) is 13.8 Å². The van der Waals surface area contributed by atoms with Crippen molar-refractivity contribution < 1.29 is 57.7 Å². The molecule has 8 heteroatoms. The third kappa shape index (κ3) is 14.2. The first-order chi connectivity index (χ1) is 14.4. The number of rotatable bonds is 17. The molecule has 0 aliphatic heterocycles. The molecule has 0 heterocycles. The fraction of sp³-hybridized carbons (Fsp3) is 0.696. The molecule has 0 radical (unpaired) electrons. The topological polar surface area (TPSA) is 89.9 Å². The molecule has 0 bridgehead atoms. The maximum absolute atomic E-state index is 12.5. The SMILES string of the molecule is CCCCCCCCOC(=O)c1cccc(CCCCCCCC)c1OS(=O)(=O)O.[H-].[Na+]. The van der Waals surface area contributed by atoms with E-state index in [1.807, 2.05) is 0 Å². The fourth-order valence-corrected chi connectivity index (χ4v) is 3.77. The number of esters is 1. The smallest absolute Gasteiger partial charge is 1.00 e. The van der Waals surface area contributed by atoms with Crippen LogP contribution in [-0.2, 0) is 21.6 Å². The van der Waals surface area contributed by atoms with Gasteiger partial charge in [-0.05, 0) is 30.9 Å². The first kappa shape index (κ1) is 30.4. The van der Waals surface area contributed by atoms with Crippen LogP contribution in [-0.4, -0.2) is 25.5 Å². The van der Waals surface area contributed by atoms with E-state index >= 15 is 0 Å². The second kappa shape index (κ2) is 17.9. The van der Waals surface area contributed by atoms with Crippen LogP contribution in [0.15, 0.2) is 18.2 Å². The quantitative estimate of drug-likeness (QED) is 0.164. The number of hydrogen-bond acceptors (Lipinski definition) is 5. The van der Waals surface area contributed by atoms with Gasteiger partial charge in [0.05, 0.1) is 6.61 Å². The minimum atomic E-state index is -4.74. The number of unbranched alkanes of at least 4 members (excludes halogenated alkanes) is 10. The molecule has 0 saturated carbocycles. The summed E-state index contributed by atoms with van der Waals surface area (Å²) in [4.78, 5) is 12.5. The van der Waals surface area contributed by atoms with Crippen molar-refractivity contribution in [1.82, 2.24) is 0 Å². The van der Waals surface area contributed by atoms with E-state index < -0.39 is 16.4 Å². The van der Waals surface area contributed by atoms with Crippen LogP contribution >= 0.6 is 0 Å². The third-order valence-electron chi connectivity index (χ3n) is 5.04. The standard InChI is InChI=1S/C23H38O6S.Na.H/c1-3-5-7-9-11-13-16-20-17-15-18-21(22(20)29-30(25,26)27)23(24)28-19-14-12-10-8-6-4-2;;/h15,17-18H,3-14,16,19H2,1-2H3,(H,25,26,27);;/q;+1;-1. The molecule has 0 aliphatic carbocycles. The van der Waals surface area contributed by atoms with Crippen molar-refractivity contribution in [1.29, 1.82) is 0 Å². The van der Waals surface area contributed by atoms with E-state index in [9.17, 15) is 17.8 Å². The van der Waals surface area contributed by atoms with Crippen LogP contribution < -0.4 is 33.7 Å². The Morgan fingerprint density at radius 3 is 2.03 bits per heavy atom. The van der Waals surface area contributed by atoms with Gasteiger partial charge < -0.3 is 10.3 Å². The normalized spacial score (nSPS) is 11.1. The number of ether oxygens (including phenoxy) is 1. The van der Waals surface area contributed by atoms with Gasteiger partial charge in [-0.1, -0.05) is 90.2 Å². The van der Waals surface area contributed by atoms with Gasteiger partial charge in [0.15, 0.2) is 5.75 Å². The van der Waals surface area contributed by atoms with Gasteiger partial charge in [-0.2, -0.15) is 8.42 Å². The molecule has 0 atom stereocenters. The monoisotopic (exact) mass is 466 g/mol. The van der Waals surface area contributed by atoms with Crippen molar-refractivity contribution in [2.45, 2.75) is 97.3 Å². The molecule has 0 saturated heterocycles. The van der Waals surface area contributed by atoms with Crippen LogP contribution in [0.2, 0.25) is 0 Å². The Balaban J connectivity index is 0. The molecule has 174 valence electrons. The molecule has 0 unspecified atom stereocenters. The average molecular weight is 467 g/mol. The van der Waals surface area contributed by atoms with Crippen LogP contribution in [0.5, 0.6) is 5.75 Å². The van der Waals surface area contributed by atoms with Crippen LogP contribution in [0.3, 0.4) is 0 Å². The summed E-state index contributed by atoms with van der Waals surface area (Å²) in [5.41, 5.74) is 0.610. The Bertz CT molecular complexity index is 727. The largest absolute Gasteiger partial charge is 1.00 e. The fourth-order valence-electron chi connectivity index (χ4n) is 3.37. The number of hydrogen-bond donors (Lipinski definition) is 1. The minimum absolute atomic E-state index is 0. The molecular weight excluding hydrogens is 427 g/mol. The predicted molar refractivity (Wildman–Crippen MR) is 120 cm³/mol. The summed E-state index contributed by atoms with van der Waals surface area (Å²) in [6.07, 6.45) is 13.5. The summed E-state index contributed by atoms with van der Waals surface area (Å²) in [7, 11) is -4.74. The van der Waals surface area contributed by atoms with Crippen molar-refractivity contribution >= 4 is 16.4 Å². The van der Waals surface area contributed by atoms with Gasteiger partial charge in [-0.3, -0.25) is 4.55 Å². The molecule has 0 aromatic heterocycles. The Labute approximate surface area is 212 Å². The maximum atomic E-state index is 12.5. The number of benzene rings is 1. The molecule has 1 rings (SSSR count). The summed E-state index contributed by atoms with van der Waals surface area (Å²) in [5.74, 6) is -0.756.